The van der Waals surface area contributed by atoms with E-state index < -0.39 is 0 Å². The molecule has 1 aliphatic rings. The highest BCUT2D eigenvalue weighted by atomic mass is 16.5. The molecular formula is C24H30N6O2. The molecule has 3 heterocycles. The third kappa shape index (κ3) is 4.50. The maximum atomic E-state index is 12.9. The van der Waals surface area contributed by atoms with Crippen LogP contribution >= 0.6 is 0 Å². The zero-order chi connectivity index (χ0) is 22.8. The van der Waals surface area contributed by atoms with Gasteiger partial charge in [0.2, 0.25) is 5.91 Å². The van der Waals surface area contributed by atoms with Crippen molar-refractivity contribution in [3.63, 3.8) is 0 Å². The molecule has 0 aliphatic carbocycles. The van der Waals surface area contributed by atoms with Crippen molar-refractivity contribution in [1.29, 1.82) is 0 Å². The first kappa shape index (κ1) is 22.0. The van der Waals surface area contributed by atoms with Crippen LogP contribution in [0.1, 0.15) is 40.3 Å². The number of anilines is 1. The summed E-state index contributed by atoms with van der Waals surface area (Å²) in [5, 5.41) is 4.32. The van der Waals surface area contributed by atoms with Gasteiger partial charge in [-0.2, -0.15) is 5.10 Å². The number of hydrogen-bond acceptors (Lipinski definition) is 6. The summed E-state index contributed by atoms with van der Waals surface area (Å²) in [5.41, 5.74) is 5.34. The fraction of sp³-hybridized carbons (Fsp3) is 0.417. The van der Waals surface area contributed by atoms with Crippen molar-refractivity contribution >= 4 is 11.7 Å². The number of aryl methyl sites for hydroxylation is 2. The number of nitrogens with zero attached hydrogens (tertiary/aromatic N) is 6. The molecule has 1 aliphatic heterocycles. The lowest BCUT2D eigenvalue weighted by Gasteiger charge is -2.30. The van der Waals surface area contributed by atoms with Crippen LogP contribution in [0.5, 0.6) is 5.75 Å². The Morgan fingerprint density at radius 3 is 2.69 bits per heavy atom. The second-order valence-corrected chi connectivity index (χ2v) is 8.41. The Morgan fingerprint density at radius 1 is 1.16 bits per heavy atom. The molecule has 0 fully saturated rings. The smallest absolute Gasteiger partial charge is 0.228 e. The van der Waals surface area contributed by atoms with Crippen LogP contribution in [0.15, 0.2) is 30.5 Å². The highest BCUT2D eigenvalue weighted by molar-refractivity contribution is 5.95. The van der Waals surface area contributed by atoms with Crippen molar-refractivity contribution < 1.29 is 9.53 Å². The van der Waals surface area contributed by atoms with Crippen LogP contribution in [0.2, 0.25) is 0 Å². The minimum atomic E-state index is 0.0868. The van der Waals surface area contributed by atoms with Crippen molar-refractivity contribution in [2.75, 3.05) is 19.1 Å². The van der Waals surface area contributed by atoms with E-state index in [0.717, 1.165) is 46.5 Å². The Bertz CT molecular complexity index is 1140. The van der Waals surface area contributed by atoms with Crippen LogP contribution in [-0.2, 0) is 37.9 Å². The molecule has 2 aromatic heterocycles. The molecule has 0 spiro atoms. The van der Waals surface area contributed by atoms with E-state index >= 15 is 0 Å². The first-order valence-electron chi connectivity index (χ1n) is 10.8. The summed E-state index contributed by atoms with van der Waals surface area (Å²) in [6, 6.07) is 7.80. The van der Waals surface area contributed by atoms with Gasteiger partial charge in [-0.15, -0.1) is 0 Å². The zero-order valence-electron chi connectivity index (χ0n) is 19.4. The van der Waals surface area contributed by atoms with Gasteiger partial charge >= 0.3 is 0 Å². The molecule has 8 heteroatoms. The second kappa shape index (κ2) is 9.08. The maximum Gasteiger partial charge on any atom is 0.228 e. The Morgan fingerprint density at radius 2 is 1.97 bits per heavy atom. The lowest BCUT2D eigenvalue weighted by molar-refractivity contribution is -0.119. The Balaban J connectivity index is 1.58. The molecular weight excluding hydrogens is 404 g/mol. The van der Waals surface area contributed by atoms with E-state index in [1.807, 2.05) is 56.2 Å². The lowest BCUT2D eigenvalue weighted by Crippen LogP contribution is -2.36. The molecule has 0 unspecified atom stereocenters. The van der Waals surface area contributed by atoms with Gasteiger partial charge < -0.3 is 4.74 Å². The monoisotopic (exact) mass is 434 g/mol. The number of rotatable bonds is 7. The molecule has 0 saturated carbocycles. The van der Waals surface area contributed by atoms with Crippen LogP contribution in [-0.4, -0.2) is 44.7 Å². The second-order valence-electron chi connectivity index (χ2n) is 8.41. The number of fused-ring (bicyclic) bond motifs is 1. The number of ether oxygens (including phenoxy) is 1. The average molecular weight is 435 g/mol. The normalized spacial score (nSPS) is 13.6. The van der Waals surface area contributed by atoms with Gasteiger partial charge in [-0.25, -0.2) is 9.97 Å². The van der Waals surface area contributed by atoms with E-state index in [4.69, 9.17) is 14.7 Å². The summed E-state index contributed by atoms with van der Waals surface area (Å²) < 4.78 is 7.22. The minimum absolute atomic E-state index is 0.0868. The van der Waals surface area contributed by atoms with Crippen molar-refractivity contribution in [1.82, 2.24) is 24.6 Å². The molecule has 1 amide bonds. The van der Waals surface area contributed by atoms with E-state index in [1.165, 1.54) is 5.56 Å². The zero-order valence-corrected chi connectivity index (χ0v) is 19.4. The first-order chi connectivity index (χ1) is 15.4. The number of benzene rings is 1. The molecule has 0 N–H and O–H groups in total. The van der Waals surface area contributed by atoms with Crippen molar-refractivity contribution in [3.05, 3.63) is 64.4 Å². The Hall–Kier alpha value is -3.26. The third-order valence-electron chi connectivity index (χ3n) is 6.05. The predicted octanol–water partition coefficient (Wildman–Crippen LogP) is 2.95. The van der Waals surface area contributed by atoms with E-state index in [0.29, 0.717) is 25.9 Å². The van der Waals surface area contributed by atoms with Crippen LogP contribution in [0, 0.1) is 13.8 Å². The molecule has 0 atom stereocenters. The summed E-state index contributed by atoms with van der Waals surface area (Å²) in [4.78, 5) is 26.4. The average Bonchev–Trinajstić information content (AvgIpc) is 3.08. The lowest BCUT2D eigenvalue weighted by atomic mass is 10.0. The number of aromatic nitrogens is 4. The van der Waals surface area contributed by atoms with E-state index in [-0.39, 0.29) is 5.91 Å². The largest absolute Gasteiger partial charge is 0.497 e. The summed E-state index contributed by atoms with van der Waals surface area (Å²) in [6.07, 6.45) is 3.06. The topological polar surface area (TPSA) is 76.4 Å². The molecule has 4 rings (SSSR count). The molecule has 0 bridgehead atoms. The molecule has 1 aromatic carbocycles. The number of methoxy groups -OCH3 is 1. The Kier molecular flexibility index (Phi) is 6.23. The Labute approximate surface area is 188 Å². The molecule has 168 valence electrons. The van der Waals surface area contributed by atoms with Gasteiger partial charge in [-0.1, -0.05) is 12.1 Å². The van der Waals surface area contributed by atoms with Crippen molar-refractivity contribution in [2.45, 2.75) is 46.3 Å². The fourth-order valence-electron chi connectivity index (χ4n) is 4.11. The van der Waals surface area contributed by atoms with Crippen LogP contribution in [0.4, 0.5) is 5.82 Å². The summed E-state index contributed by atoms with van der Waals surface area (Å²) >= 11 is 0. The van der Waals surface area contributed by atoms with Crippen molar-refractivity contribution in [3.8, 4) is 5.75 Å². The van der Waals surface area contributed by atoms with E-state index in [2.05, 4.69) is 16.9 Å². The van der Waals surface area contributed by atoms with Crippen LogP contribution in [0.25, 0.3) is 0 Å². The van der Waals surface area contributed by atoms with Crippen molar-refractivity contribution in [2.24, 2.45) is 7.05 Å². The van der Waals surface area contributed by atoms with Gasteiger partial charge in [0, 0.05) is 42.5 Å². The molecule has 3 aromatic rings. The summed E-state index contributed by atoms with van der Waals surface area (Å²) in [5.74, 6) is 2.32. The maximum absolute atomic E-state index is 12.9. The highest BCUT2D eigenvalue weighted by Gasteiger charge is 2.28. The summed E-state index contributed by atoms with van der Waals surface area (Å²) in [7, 11) is 5.64. The van der Waals surface area contributed by atoms with Gasteiger partial charge in [0.15, 0.2) is 0 Å². The third-order valence-corrected chi connectivity index (χ3v) is 6.05. The van der Waals surface area contributed by atoms with Gasteiger partial charge in [0.25, 0.3) is 0 Å². The van der Waals surface area contributed by atoms with Gasteiger partial charge in [-0.3, -0.25) is 19.3 Å². The quantitative estimate of drug-likeness (QED) is 0.569. The van der Waals surface area contributed by atoms with E-state index in [9.17, 15) is 4.79 Å². The van der Waals surface area contributed by atoms with Crippen LogP contribution < -0.4 is 9.64 Å². The standard InChI is InChI=1S/C24H30N6O2/c1-16-21-9-10-23(31)30(13-18-7-6-8-20(11-18)32-5)24(21)27-22(26-16)15-28(3)14-19-12-25-29(4)17(19)2/h6-8,11-12H,9-10,13-15H2,1-5H3. The van der Waals surface area contributed by atoms with Gasteiger partial charge in [-0.05, 0) is 45.0 Å². The van der Waals surface area contributed by atoms with Gasteiger partial charge in [0.1, 0.15) is 17.4 Å². The highest BCUT2D eigenvalue weighted by Crippen LogP contribution is 2.30. The van der Waals surface area contributed by atoms with E-state index in [1.54, 1.807) is 12.0 Å². The summed E-state index contributed by atoms with van der Waals surface area (Å²) in [6.45, 7) is 5.88. The number of carbonyl (C=O) groups is 1. The number of amides is 1. The minimum Gasteiger partial charge on any atom is -0.497 e. The molecule has 0 saturated heterocycles. The molecule has 32 heavy (non-hydrogen) atoms. The molecule has 8 nitrogen and oxygen atoms in total. The molecule has 0 radical (unpaired) electrons. The SMILES string of the molecule is COc1cccc(CN2C(=O)CCc3c(C)nc(CN(C)Cc4cnn(C)c4C)nc32)c1. The fourth-order valence-corrected chi connectivity index (χ4v) is 4.11. The number of carbonyl (C=O) groups excluding carboxylic acids is 1. The predicted molar refractivity (Wildman–Crippen MR) is 122 cm³/mol. The van der Waals surface area contributed by atoms with Gasteiger partial charge in [0.05, 0.1) is 26.4 Å². The number of hydrogen-bond donors (Lipinski definition) is 0. The van der Waals surface area contributed by atoms with Crippen LogP contribution in [0.3, 0.4) is 0 Å². The first-order valence-corrected chi connectivity index (χ1v) is 10.8.